The average Bonchev–Trinajstić information content (AvgIpc) is 2.99. The Morgan fingerprint density at radius 2 is 1.74 bits per heavy atom. The highest BCUT2D eigenvalue weighted by Crippen LogP contribution is 2.34. The van der Waals surface area contributed by atoms with Gasteiger partial charge in [-0.25, -0.2) is 0 Å². The zero-order chi connectivity index (χ0) is 23.0. The first kappa shape index (κ1) is 24.4. The second-order valence-electron chi connectivity index (χ2n) is 7.54. The number of hydrogen-bond donors (Lipinski definition) is 2. The van der Waals surface area contributed by atoms with E-state index in [0.717, 1.165) is 41.7 Å². The molecule has 2 rings (SSSR count). The normalized spacial score (nSPS) is 12.5. The Morgan fingerprint density at radius 1 is 1.10 bits per heavy atom. The van der Waals surface area contributed by atoms with Crippen LogP contribution in [0, 0.1) is 13.8 Å². The molecule has 1 aromatic heterocycles. The number of methoxy groups -OCH3 is 3. The molecule has 8 heteroatoms. The van der Waals surface area contributed by atoms with Crippen LogP contribution in [0.3, 0.4) is 0 Å². The fourth-order valence-corrected chi connectivity index (χ4v) is 3.63. The van der Waals surface area contributed by atoms with Crippen LogP contribution >= 0.6 is 0 Å². The van der Waals surface area contributed by atoms with Crippen molar-refractivity contribution in [2.24, 2.45) is 12.0 Å². The lowest BCUT2D eigenvalue weighted by molar-refractivity contribution is 0.369. The predicted octanol–water partition coefficient (Wildman–Crippen LogP) is 2.79. The van der Waals surface area contributed by atoms with E-state index < -0.39 is 0 Å². The minimum atomic E-state index is 0.212. The molecule has 0 fully saturated rings. The van der Waals surface area contributed by atoms with Crippen molar-refractivity contribution in [3.63, 3.8) is 0 Å². The van der Waals surface area contributed by atoms with E-state index in [2.05, 4.69) is 43.4 Å². The smallest absolute Gasteiger partial charge is 0.191 e. The van der Waals surface area contributed by atoms with Crippen LogP contribution in [0.4, 0.5) is 0 Å². The second kappa shape index (κ2) is 11.5. The minimum Gasteiger partial charge on any atom is -0.496 e. The lowest BCUT2D eigenvalue weighted by atomic mass is 10.1. The van der Waals surface area contributed by atoms with Crippen molar-refractivity contribution < 1.29 is 14.2 Å². The molecule has 31 heavy (non-hydrogen) atoms. The first-order chi connectivity index (χ1) is 14.8. The molecule has 0 spiro atoms. The van der Waals surface area contributed by atoms with Gasteiger partial charge in [0.05, 0.1) is 27.0 Å². The summed E-state index contributed by atoms with van der Waals surface area (Å²) < 4.78 is 18.3. The fourth-order valence-electron chi connectivity index (χ4n) is 3.63. The highest BCUT2D eigenvalue weighted by Gasteiger charge is 2.15. The number of hydrogen-bond acceptors (Lipinski definition) is 5. The summed E-state index contributed by atoms with van der Waals surface area (Å²) in [6, 6.07) is 3.95. The van der Waals surface area contributed by atoms with Gasteiger partial charge in [-0.2, -0.15) is 5.10 Å². The molecule has 0 aliphatic rings. The van der Waals surface area contributed by atoms with E-state index >= 15 is 0 Å². The maximum Gasteiger partial charge on any atom is 0.191 e. The molecular formula is C23H37N5O3. The largest absolute Gasteiger partial charge is 0.496 e. The summed E-state index contributed by atoms with van der Waals surface area (Å²) >= 11 is 0. The van der Waals surface area contributed by atoms with Crippen LogP contribution < -0.4 is 24.8 Å². The molecule has 2 N–H and O–H groups in total. The van der Waals surface area contributed by atoms with E-state index in [0.29, 0.717) is 18.7 Å². The predicted molar refractivity (Wildman–Crippen MR) is 125 cm³/mol. The van der Waals surface area contributed by atoms with Gasteiger partial charge in [-0.05, 0) is 46.1 Å². The molecule has 1 unspecified atom stereocenters. The summed E-state index contributed by atoms with van der Waals surface area (Å²) in [7, 11) is 6.91. The van der Waals surface area contributed by atoms with Crippen LogP contribution in [0.15, 0.2) is 17.1 Å². The summed E-state index contributed by atoms with van der Waals surface area (Å²) in [5.74, 6) is 2.96. The van der Waals surface area contributed by atoms with Gasteiger partial charge in [0.2, 0.25) is 0 Å². The topological polar surface area (TPSA) is 81.9 Å². The summed E-state index contributed by atoms with van der Waals surface area (Å²) in [6.45, 7) is 9.77. The quantitative estimate of drug-likeness (QED) is 0.445. The van der Waals surface area contributed by atoms with Gasteiger partial charge in [0.1, 0.15) is 17.2 Å². The molecule has 8 nitrogen and oxygen atoms in total. The van der Waals surface area contributed by atoms with E-state index in [1.165, 1.54) is 11.3 Å². The van der Waals surface area contributed by atoms with Crippen molar-refractivity contribution in [2.75, 3.05) is 34.4 Å². The molecule has 1 heterocycles. The van der Waals surface area contributed by atoms with Gasteiger partial charge >= 0.3 is 0 Å². The van der Waals surface area contributed by atoms with Gasteiger partial charge in [-0.15, -0.1) is 0 Å². The van der Waals surface area contributed by atoms with Crippen molar-refractivity contribution in [1.29, 1.82) is 0 Å². The van der Waals surface area contributed by atoms with Crippen molar-refractivity contribution in [3.8, 4) is 17.2 Å². The third-order valence-electron chi connectivity index (χ3n) is 5.35. The van der Waals surface area contributed by atoms with Crippen LogP contribution in [0.2, 0.25) is 0 Å². The Balaban J connectivity index is 2.09. The van der Waals surface area contributed by atoms with E-state index in [-0.39, 0.29) is 6.04 Å². The molecule has 0 radical (unpaired) electrons. The molecule has 2 aromatic rings. The summed E-state index contributed by atoms with van der Waals surface area (Å²) in [5, 5.41) is 11.4. The molecule has 0 aliphatic heterocycles. The van der Waals surface area contributed by atoms with Crippen molar-refractivity contribution in [2.45, 2.75) is 46.6 Å². The number of aryl methyl sites for hydroxylation is 2. The fraction of sp³-hybridized carbons (Fsp3) is 0.565. The number of nitrogens with one attached hydrogen (secondary N) is 2. The van der Waals surface area contributed by atoms with Gasteiger partial charge in [-0.3, -0.25) is 9.67 Å². The first-order valence-corrected chi connectivity index (χ1v) is 10.7. The minimum absolute atomic E-state index is 0.212. The first-order valence-electron chi connectivity index (χ1n) is 10.7. The number of ether oxygens (including phenoxy) is 3. The number of aliphatic imine (C=N–C) groups is 1. The third-order valence-corrected chi connectivity index (χ3v) is 5.35. The number of nitrogens with zero attached hydrogens (tertiary/aromatic N) is 3. The monoisotopic (exact) mass is 431 g/mol. The summed E-state index contributed by atoms with van der Waals surface area (Å²) in [5.41, 5.74) is 4.53. The van der Waals surface area contributed by atoms with Crippen LogP contribution in [-0.4, -0.2) is 56.2 Å². The lowest BCUT2D eigenvalue weighted by Gasteiger charge is -2.18. The highest BCUT2D eigenvalue weighted by atomic mass is 16.5. The summed E-state index contributed by atoms with van der Waals surface area (Å²) in [4.78, 5) is 4.77. The molecule has 0 aliphatic carbocycles. The molecule has 0 saturated carbocycles. The molecule has 0 bridgehead atoms. The van der Waals surface area contributed by atoms with E-state index in [9.17, 15) is 0 Å². The number of guanidine groups is 1. The van der Waals surface area contributed by atoms with Crippen molar-refractivity contribution >= 4 is 5.96 Å². The Kier molecular flexibility index (Phi) is 9.03. The number of benzene rings is 1. The van der Waals surface area contributed by atoms with Crippen LogP contribution in [0.25, 0.3) is 0 Å². The van der Waals surface area contributed by atoms with Gasteiger partial charge in [0, 0.05) is 49.6 Å². The summed E-state index contributed by atoms with van der Waals surface area (Å²) in [6.07, 6.45) is 1.57. The van der Waals surface area contributed by atoms with Gasteiger partial charge < -0.3 is 24.8 Å². The standard InChI is InChI=1S/C23H37N5O3/c1-9-24-23(26-15(2)12-20-16(3)27-28(5)17(20)4)25-11-10-19-21(30-7)13-18(29-6)14-22(19)31-8/h13-15H,9-12H2,1-8H3,(H2,24,25,26). The highest BCUT2D eigenvalue weighted by molar-refractivity contribution is 5.80. The van der Waals surface area contributed by atoms with E-state index in [1.54, 1.807) is 21.3 Å². The molecule has 172 valence electrons. The Morgan fingerprint density at radius 3 is 2.23 bits per heavy atom. The number of aromatic nitrogens is 2. The Labute approximate surface area is 186 Å². The average molecular weight is 432 g/mol. The molecule has 1 aromatic carbocycles. The van der Waals surface area contributed by atoms with Crippen molar-refractivity contribution in [3.05, 3.63) is 34.6 Å². The van der Waals surface area contributed by atoms with Crippen LogP contribution in [0.1, 0.15) is 36.4 Å². The second-order valence-corrected chi connectivity index (χ2v) is 7.54. The zero-order valence-electron chi connectivity index (χ0n) is 20.1. The van der Waals surface area contributed by atoms with Gasteiger partial charge in [0.25, 0.3) is 0 Å². The lowest BCUT2D eigenvalue weighted by Crippen LogP contribution is -2.43. The maximum atomic E-state index is 5.54. The maximum absolute atomic E-state index is 5.54. The molecular weight excluding hydrogens is 394 g/mol. The van der Waals surface area contributed by atoms with E-state index in [1.807, 2.05) is 23.9 Å². The van der Waals surface area contributed by atoms with E-state index in [4.69, 9.17) is 19.2 Å². The van der Waals surface area contributed by atoms with Gasteiger partial charge in [0.15, 0.2) is 5.96 Å². The molecule has 0 saturated heterocycles. The SMILES string of the molecule is CCNC(=NCCc1c(OC)cc(OC)cc1OC)NC(C)Cc1c(C)nn(C)c1C. The number of rotatable bonds is 10. The molecule has 1 atom stereocenters. The zero-order valence-corrected chi connectivity index (χ0v) is 20.1. The van der Waals surface area contributed by atoms with Crippen LogP contribution in [-0.2, 0) is 19.9 Å². The van der Waals surface area contributed by atoms with Gasteiger partial charge in [-0.1, -0.05) is 0 Å². The van der Waals surface area contributed by atoms with Crippen molar-refractivity contribution in [1.82, 2.24) is 20.4 Å². The van der Waals surface area contributed by atoms with Crippen LogP contribution in [0.5, 0.6) is 17.2 Å². The Bertz CT molecular complexity index is 867. The third kappa shape index (κ3) is 6.29. The molecule has 0 amide bonds. The Hall–Kier alpha value is -2.90.